The van der Waals surface area contributed by atoms with Crippen LogP contribution in [0.25, 0.3) is 0 Å². The summed E-state index contributed by atoms with van der Waals surface area (Å²) >= 11 is 0. The molecule has 4 amide bonds. The number of rotatable bonds is 15. The third-order valence-electron chi connectivity index (χ3n) is 8.23. The largest absolute Gasteiger partial charge is 0.368 e. The van der Waals surface area contributed by atoms with Crippen molar-refractivity contribution in [1.29, 1.82) is 0 Å². The number of hydrogen-bond donors (Lipinski definition) is 4. The molecule has 0 aromatic heterocycles. The Morgan fingerprint density at radius 3 is 2.02 bits per heavy atom. The predicted molar refractivity (Wildman–Crippen MR) is 178 cm³/mol. The van der Waals surface area contributed by atoms with E-state index < -0.39 is 58.5 Å². The summed E-state index contributed by atoms with van der Waals surface area (Å²) in [5, 5.41) is 4.90. The summed E-state index contributed by atoms with van der Waals surface area (Å²) in [7, 11) is -4.15. The van der Waals surface area contributed by atoms with Crippen molar-refractivity contribution < 1.29 is 32.0 Å². The van der Waals surface area contributed by atoms with E-state index in [2.05, 4.69) is 15.4 Å². The van der Waals surface area contributed by atoms with Crippen LogP contribution in [-0.4, -0.2) is 74.8 Å². The molecule has 258 valence electrons. The Morgan fingerprint density at radius 1 is 0.894 bits per heavy atom. The molecule has 1 fully saturated rings. The van der Waals surface area contributed by atoms with Crippen molar-refractivity contribution in [2.75, 3.05) is 19.6 Å². The smallest absolute Gasteiger partial charge is 0.241 e. The maximum absolute atomic E-state index is 15.2. The number of nitrogens with two attached hydrogens (primary N) is 1. The normalized spacial score (nSPS) is 17.3. The Bertz CT molecular complexity index is 1520. The van der Waals surface area contributed by atoms with Gasteiger partial charge in [-0.25, -0.2) is 17.5 Å². The number of primary amides is 1. The number of hydrogen-bond acceptors (Lipinski definition) is 6. The average Bonchev–Trinajstić information content (AvgIpc) is 3.37. The van der Waals surface area contributed by atoms with Crippen molar-refractivity contribution in [2.45, 2.75) is 102 Å². The molecule has 0 radical (unpaired) electrons. The van der Waals surface area contributed by atoms with Crippen LogP contribution in [-0.2, 0) is 35.6 Å². The van der Waals surface area contributed by atoms with Crippen molar-refractivity contribution in [1.82, 2.24) is 20.3 Å². The van der Waals surface area contributed by atoms with Gasteiger partial charge in [-0.1, -0.05) is 84.0 Å². The quantitative estimate of drug-likeness (QED) is 0.227. The Balaban J connectivity index is 1.56. The van der Waals surface area contributed by atoms with Gasteiger partial charge in [0, 0.05) is 25.8 Å². The molecule has 5 N–H and O–H groups in total. The highest BCUT2D eigenvalue weighted by atomic mass is 32.2. The second-order valence-electron chi connectivity index (χ2n) is 13.0. The molecular formula is C34H48FN5O6S. The van der Waals surface area contributed by atoms with E-state index in [9.17, 15) is 27.6 Å². The number of nitrogens with one attached hydrogen (secondary N) is 3. The molecule has 11 nitrogen and oxygen atoms in total. The van der Waals surface area contributed by atoms with Gasteiger partial charge in [-0.3, -0.25) is 19.2 Å². The lowest BCUT2D eigenvalue weighted by Crippen LogP contribution is -2.49. The Morgan fingerprint density at radius 2 is 1.49 bits per heavy atom. The minimum Gasteiger partial charge on any atom is -0.368 e. The first kappa shape index (κ1) is 37.6. The Labute approximate surface area is 277 Å². The zero-order chi connectivity index (χ0) is 35.1. The van der Waals surface area contributed by atoms with Gasteiger partial charge in [0.15, 0.2) is 0 Å². The molecule has 3 atom stereocenters. The number of benzene rings is 2. The van der Waals surface area contributed by atoms with Crippen LogP contribution in [0.1, 0.15) is 94.4 Å². The SMILES string of the molecule is CC(C)c1cc(C(C)C)c(S(=O)(=O)N[C@H]2CN(C(=O)CCC(=O)NCC(=O)N[C@@H](Cc3ccccc3)C(N)=O)C[C@@H]2F)c(C(C)C)c1. The summed E-state index contributed by atoms with van der Waals surface area (Å²) < 4.78 is 45.3. The van der Waals surface area contributed by atoms with E-state index in [4.69, 9.17) is 5.73 Å². The number of amides is 4. The topological polar surface area (TPSA) is 168 Å². The van der Waals surface area contributed by atoms with Crippen molar-refractivity contribution >= 4 is 33.7 Å². The first-order valence-electron chi connectivity index (χ1n) is 16.0. The van der Waals surface area contributed by atoms with Crippen LogP contribution in [0.5, 0.6) is 0 Å². The fourth-order valence-electron chi connectivity index (χ4n) is 5.50. The number of carbonyl (C=O) groups excluding carboxylic acids is 4. The van der Waals surface area contributed by atoms with E-state index in [0.717, 1.165) is 11.1 Å². The number of halogens is 1. The first-order valence-corrected chi connectivity index (χ1v) is 17.5. The number of likely N-dealkylation sites (tertiary alicyclic amines) is 1. The highest BCUT2D eigenvalue weighted by molar-refractivity contribution is 7.89. The van der Waals surface area contributed by atoms with Crippen LogP contribution in [0, 0.1) is 0 Å². The molecule has 0 spiro atoms. The minimum absolute atomic E-state index is 0.100. The maximum Gasteiger partial charge on any atom is 0.241 e. The van der Waals surface area contributed by atoms with E-state index in [1.807, 2.05) is 59.7 Å². The van der Waals surface area contributed by atoms with Crippen molar-refractivity contribution in [3.05, 3.63) is 64.7 Å². The van der Waals surface area contributed by atoms with Crippen LogP contribution in [0.3, 0.4) is 0 Å². The predicted octanol–water partition coefficient (Wildman–Crippen LogP) is 2.99. The molecule has 47 heavy (non-hydrogen) atoms. The third-order valence-corrected chi connectivity index (χ3v) is 9.85. The third kappa shape index (κ3) is 10.3. The van der Waals surface area contributed by atoms with Crippen molar-refractivity contribution in [3.63, 3.8) is 0 Å². The second-order valence-corrected chi connectivity index (χ2v) is 14.7. The fourth-order valence-corrected chi connectivity index (χ4v) is 7.45. The molecule has 1 heterocycles. The highest BCUT2D eigenvalue weighted by Crippen LogP contribution is 2.35. The van der Waals surface area contributed by atoms with Crippen LogP contribution >= 0.6 is 0 Å². The summed E-state index contributed by atoms with van der Waals surface area (Å²) in [4.78, 5) is 50.8. The van der Waals surface area contributed by atoms with Gasteiger partial charge >= 0.3 is 0 Å². The summed E-state index contributed by atoms with van der Waals surface area (Å²) in [6, 6.07) is 10.7. The molecule has 2 aromatic rings. The van der Waals surface area contributed by atoms with Crippen molar-refractivity contribution in [2.24, 2.45) is 5.73 Å². The average molecular weight is 674 g/mol. The molecule has 0 bridgehead atoms. The summed E-state index contributed by atoms with van der Waals surface area (Å²) in [6.45, 7) is 10.8. The molecule has 0 unspecified atom stereocenters. The van der Waals surface area contributed by atoms with E-state index in [1.165, 1.54) is 4.90 Å². The van der Waals surface area contributed by atoms with E-state index in [0.29, 0.717) is 11.1 Å². The lowest BCUT2D eigenvalue weighted by atomic mass is 9.89. The van der Waals surface area contributed by atoms with E-state index in [-0.39, 0.29) is 55.0 Å². The molecule has 1 aliphatic heterocycles. The Hall–Kier alpha value is -3.84. The fraction of sp³-hybridized carbons (Fsp3) is 0.529. The highest BCUT2D eigenvalue weighted by Gasteiger charge is 2.39. The molecular weight excluding hydrogens is 625 g/mol. The first-order chi connectivity index (χ1) is 22.0. The number of sulfonamides is 1. The number of carbonyl (C=O) groups is 4. The summed E-state index contributed by atoms with van der Waals surface area (Å²) in [6.07, 6.45) is -1.98. The van der Waals surface area contributed by atoms with Crippen LogP contribution in [0.15, 0.2) is 47.4 Å². The van der Waals surface area contributed by atoms with Crippen LogP contribution in [0.2, 0.25) is 0 Å². The molecule has 2 aromatic carbocycles. The molecule has 0 saturated carbocycles. The van der Waals surface area contributed by atoms with Gasteiger partial charge in [0.05, 0.1) is 24.0 Å². The van der Waals surface area contributed by atoms with Crippen molar-refractivity contribution in [3.8, 4) is 0 Å². The zero-order valence-corrected chi connectivity index (χ0v) is 28.8. The molecule has 0 aliphatic carbocycles. The van der Waals surface area contributed by atoms with Crippen LogP contribution < -0.4 is 21.1 Å². The molecule has 3 rings (SSSR count). The van der Waals surface area contributed by atoms with Gasteiger partial charge in [-0.05, 0) is 40.0 Å². The second kappa shape index (κ2) is 16.3. The number of nitrogens with zero attached hydrogens (tertiary/aromatic N) is 1. The molecule has 13 heteroatoms. The van der Waals surface area contributed by atoms with E-state index >= 15 is 4.39 Å². The van der Waals surface area contributed by atoms with Gasteiger partial charge in [0.1, 0.15) is 12.2 Å². The standard InChI is InChI=1S/C34H48FN5O6S/c1-20(2)24-15-25(21(3)4)33(26(16-24)22(5)6)47(45,46)39-29-19-40(18-27(29)35)32(43)13-12-30(41)37-17-31(42)38-28(34(36)44)14-23-10-8-7-9-11-23/h7-11,15-16,20-22,27-29,39H,12-14,17-19H2,1-6H3,(H2,36,44)(H,37,41)(H,38,42)/t27-,28-,29-/m0/s1. The summed E-state index contributed by atoms with van der Waals surface area (Å²) in [5.41, 5.74) is 8.57. The lowest BCUT2D eigenvalue weighted by Gasteiger charge is -2.24. The van der Waals surface area contributed by atoms with Gasteiger partial charge in [-0.15, -0.1) is 0 Å². The van der Waals surface area contributed by atoms with Crippen LogP contribution in [0.4, 0.5) is 4.39 Å². The lowest BCUT2D eigenvalue weighted by molar-refractivity contribution is -0.133. The number of alkyl halides is 1. The van der Waals surface area contributed by atoms with E-state index in [1.54, 1.807) is 24.3 Å². The molecule has 1 saturated heterocycles. The maximum atomic E-state index is 15.2. The van der Waals surface area contributed by atoms with Gasteiger partial charge < -0.3 is 21.3 Å². The summed E-state index contributed by atoms with van der Waals surface area (Å²) in [5.74, 6) is -2.46. The Kier molecular flexibility index (Phi) is 13.1. The molecule has 1 aliphatic rings. The monoisotopic (exact) mass is 673 g/mol. The minimum atomic E-state index is -4.15. The zero-order valence-electron chi connectivity index (χ0n) is 28.0. The van der Waals surface area contributed by atoms with Gasteiger partial charge in [-0.2, -0.15) is 0 Å². The van der Waals surface area contributed by atoms with Gasteiger partial charge in [0.2, 0.25) is 33.7 Å². The van der Waals surface area contributed by atoms with Gasteiger partial charge in [0.25, 0.3) is 0 Å².